The van der Waals surface area contributed by atoms with Crippen LogP contribution >= 0.6 is 11.6 Å². The number of ether oxygens (including phenoxy) is 1. The number of nitrogens with zero attached hydrogens (tertiary/aromatic N) is 1. The summed E-state index contributed by atoms with van der Waals surface area (Å²) in [5.41, 5.74) is 0.877. The van der Waals surface area contributed by atoms with Gasteiger partial charge in [0.15, 0.2) is 0 Å². The smallest absolute Gasteiger partial charge is 0.138 e. The Morgan fingerprint density at radius 1 is 1.50 bits per heavy atom. The first-order valence-electron chi connectivity index (χ1n) is 6.51. The minimum absolute atomic E-state index is 0.199. The average Bonchev–Trinajstić information content (AvgIpc) is 2.86. The summed E-state index contributed by atoms with van der Waals surface area (Å²) in [4.78, 5) is 2.28. The lowest BCUT2D eigenvalue weighted by atomic mass is 10.1. The van der Waals surface area contributed by atoms with Crippen molar-refractivity contribution in [1.82, 2.24) is 4.90 Å². The van der Waals surface area contributed by atoms with Crippen LogP contribution in [0.5, 0.6) is 5.75 Å². The largest absolute Gasteiger partial charge is 0.506 e. The van der Waals surface area contributed by atoms with Crippen molar-refractivity contribution in [2.24, 2.45) is 0 Å². The van der Waals surface area contributed by atoms with Crippen LogP contribution in [-0.2, 0) is 11.3 Å². The molecular weight excluding hydrogens is 250 g/mol. The molecule has 0 aromatic heterocycles. The Morgan fingerprint density at radius 3 is 3.00 bits per heavy atom. The van der Waals surface area contributed by atoms with Crippen LogP contribution in [0.4, 0.5) is 0 Å². The number of phenols is 1. The number of hydrogen-bond acceptors (Lipinski definition) is 3. The third-order valence-corrected chi connectivity index (χ3v) is 3.70. The van der Waals surface area contributed by atoms with Gasteiger partial charge in [0.1, 0.15) is 5.75 Å². The molecule has 1 aliphatic heterocycles. The van der Waals surface area contributed by atoms with E-state index in [-0.39, 0.29) is 5.75 Å². The van der Waals surface area contributed by atoms with E-state index in [1.165, 1.54) is 0 Å². The average molecular weight is 270 g/mol. The van der Waals surface area contributed by atoms with Crippen LogP contribution in [0.1, 0.15) is 25.3 Å². The highest BCUT2D eigenvalue weighted by molar-refractivity contribution is 6.32. The van der Waals surface area contributed by atoms with E-state index < -0.39 is 0 Å². The number of para-hydroxylation sites is 1. The maximum Gasteiger partial charge on any atom is 0.138 e. The summed E-state index contributed by atoms with van der Waals surface area (Å²) < 4.78 is 5.65. The van der Waals surface area contributed by atoms with Gasteiger partial charge in [0.05, 0.1) is 11.1 Å². The van der Waals surface area contributed by atoms with Crippen LogP contribution in [0.25, 0.3) is 0 Å². The van der Waals surface area contributed by atoms with Crippen molar-refractivity contribution in [3.8, 4) is 5.75 Å². The molecule has 100 valence electrons. The molecular formula is C14H20ClNO2. The number of halogens is 1. The Morgan fingerprint density at radius 2 is 2.33 bits per heavy atom. The van der Waals surface area contributed by atoms with Gasteiger partial charge in [-0.3, -0.25) is 4.90 Å². The standard InChI is InChI=1S/C14H20ClNO2/c1-2-16(10-12-6-4-8-18-12)9-11-5-3-7-13(15)14(11)17/h3,5,7,12,17H,2,4,6,8-10H2,1H3. The number of aromatic hydroxyl groups is 1. The van der Waals surface area contributed by atoms with E-state index in [0.717, 1.165) is 38.1 Å². The van der Waals surface area contributed by atoms with E-state index in [4.69, 9.17) is 16.3 Å². The number of benzene rings is 1. The summed E-state index contributed by atoms with van der Waals surface area (Å²) in [5.74, 6) is 0.199. The molecule has 0 aliphatic carbocycles. The monoisotopic (exact) mass is 269 g/mol. The van der Waals surface area contributed by atoms with E-state index in [2.05, 4.69) is 11.8 Å². The molecule has 0 saturated carbocycles. The van der Waals surface area contributed by atoms with Crippen molar-refractivity contribution < 1.29 is 9.84 Å². The molecule has 1 N–H and O–H groups in total. The fourth-order valence-corrected chi connectivity index (χ4v) is 2.50. The number of phenolic OH excluding ortho intramolecular Hbond substituents is 1. The van der Waals surface area contributed by atoms with Crippen molar-refractivity contribution in [3.05, 3.63) is 28.8 Å². The molecule has 1 saturated heterocycles. The molecule has 1 aromatic carbocycles. The molecule has 0 amide bonds. The fraction of sp³-hybridized carbons (Fsp3) is 0.571. The fourth-order valence-electron chi connectivity index (χ4n) is 2.31. The molecule has 1 aromatic rings. The van der Waals surface area contributed by atoms with E-state index >= 15 is 0 Å². The second-order valence-electron chi connectivity index (χ2n) is 4.71. The summed E-state index contributed by atoms with van der Waals surface area (Å²) in [7, 11) is 0. The molecule has 0 bridgehead atoms. The van der Waals surface area contributed by atoms with Crippen molar-refractivity contribution in [2.75, 3.05) is 19.7 Å². The van der Waals surface area contributed by atoms with E-state index in [0.29, 0.717) is 17.7 Å². The summed E-state index contributed by atoms with van der Waals surface area (Å²) in [5, 5.41) is 10.3. The van der Waals surface area contributed by atoms with Gasteiger partial charge in [-0.1, -0.05) is 30.7 Å². The second kappa shape index (κ2) is 6.41. The van der Waals surface area contributed by atoms with Crippen LogP contribution in [0.15, 0.2) is 18.2 Å². The zero-order valence-electron chi connectivity index (χ0n) is 10.7. The Kier molecular flexibility index (Phi) is 4.87. The minimum atomic E-state index is 0.199. The van der Waals surface area contributed by atoms with Crippen LogP contribution in [0.2, 0.25) is 5.02 Å². The van der Waals surface area contributed by atoms with E-state index in [1.54, 1.807) is 6.07 Å². The van der Waals surface area contributed by atoms with E-state index in [1.807, 2.05) is 12.1 Å². The van der Waals surface area contributed by atoms with Crippen molar-refractivity contribution in [1.29, 1.82) is 0 Å². The Bertz CT molecular complexity index is 391. The lowest BCUT2D eigenvalue weighted by molar-refractivity contribution is 0.0722. The van der Waals surface area contributed by atoms with Gasteiger partial charge in [0.2, 0.25) is 0 Å². The molecule has 4 heteroatoms. The first-order valence-corrected chi connectivity index (χ1v) is 6.88. The number of likely N-dealkylation sites (N-methyl/N-ethyl adjacent to an activating group) is 1. The third kappa shape index (κ3) is 3.37. The van der Waals surface area contributed by atoms with Gasteiger partial charge >= 0.3 is 0 Å². The minimum Gasteiger partial charge on any atom is -0.506 e. The van der Waals surface area contributed by atoms with Gasteiger partial charge < -0.3 is 9.84 Å². The van der Waals surface area contributed by atoms with Crippen molar-refractivity contribution in [3.63, 3.8) is 0 Å². The van der Waals surface area contributed by atoms with Gasteiger partial charge in [-0.2, -0.15) is 0 Å². The van der Waals surface area contributed by atoms with Crippen LogP contribution in [0.3, 0.4) is 0 Å². The first kappa shape index (κ1) is 13.7. The van der Waals surface area contributed by atoms with Gasteiger partial charge in [0.25, 0.3) is 0 Å². The van der Waals surface area contributed by atoms with Crippen molar-refractivity contribution in [2.45, 2.75) is 32.4 Å². The normalized spacial score (nSPS) is 19.6. The second-order valence-corrected chi connectivity index (χ2v) is 5.12. The lowest BCUT2D eigenvalue weighted by Gasteiger charge is -2.24. The number of hydrogen-bond donors (Lipinski definition) is 1. The molecule has 1 atom stereocenters. The molecule has 1 heterocycles. The quantitative estimate of drug-likeness (QED) is 0.892. The SMILES string of the molecule is CCN(Cc1cccc(Cl)c1O)CC1CCCO1. The predicted molar refractivity (Wildman–Crippen MR) is 73.0 cm³/mol. The zero-order chi connectivity index (χ0) is 13.0. The van der Waals surface area contributed by atoms with Crippen LogP contribution < -0.4 is 0 Å². The predicted octanol–water partition coefficient (Wildman–Crippen LogP) is 3.05. The summed E-state index contributed by atoms with van der Waals surface area (Å²) in [6, 6.07) is 5.49. The Hall–Kier alpha value is -0.770. The van der Waals surface area contributed by atoms with Gasteiger partial charge in [-0.15, -0.1) is 0 Å². The van der Waals surface area contributed by atoms with Gasteiger partial charge in [-0.25, -0.2) is 0 Å². The molecule has 2 rings (SSSR count). The molecule has 1 fully saturated rings. The van der Waals surface area contributed by atoms with Crippen LogP contribution in [0, 0.1) is 0 Å². The molecule has 1 unspecified atom stereocenters. The zero-order valence-corrected chi connectivity index (χ0v) is 11.5. The highest BCUT2D eigenvalue weighted by atomic mass is 35.5. The lowest BCUT2D eigenvalue weighted by Crippen LogP contribution is -2.31. The maximum absolute atomic E-state index is 9.91. The first-order chi connectivity index (χ1) is 8.70. The summed E-state index contributed by atoms with van der Waals surface area (Å²) in [6.07, 6.45) is 2.63. The highest BCUT2D eigenvalue weighted by Gasteiger charge is 2.19. The van der Waals surface area contributed by atoms with Crippen molar-refractivity contribution >= 4 is 11.6 Å². The Labute approximate surface area is 113 Å². The molecule has 0 radical (unpaired) electrons. The maximum atomic E-state index is 9.91. The summed E-state index contributed by atoms with van der Waals surface area (Å²) in [6.45, 7) is 5.57. The Balaban J connectivity index is 1.98. The number of rotatable bonds is 5. The molecule has 0 spiro atoms. The molecule has 1 aliphatic rings. The molecule has 18 heavy (non-hydrogen) atoms. The topological polar surface area (TPSA) is 32.7 Å². The highest BCUT2D eigenvalue weighted by Crippen LogP contribution is 2.28. The van der Waals surface area contributed by atoms with Gasteiger partial charge in [-0.05, 0) is 25.5 Å². The van der Waals surface area contributed by atoms with E-state index in [9.17, 15) is 5.11 Å². The van der Waals surface area contributed by atoms with Gasteiger partial charge in [0, 0.05) is 25.3 Å². The third-order valence-electron chi connectivity index (χ3n) is 3.40. The van der Waals surface area contributed by atoms with Crippen LogP contribution in [-0.4, -0.2) is 35.8 Å². The molecule has 3 nitrogen and oxygen atoms in total. The summed E-state index contributed by atoms with van der Waals surface area (Å²) >= 11 is 5.92.